The van der Waals surface area contributed by atoms with Gasteiger partial charge in [0.2, 0.25) is 5.89 Å². The average molecular weight is 392 g/mol. The van der Waals surface area contributed by atoms with Crippen molar-refractivity contribution >= 4 is 24.1 Å². The maximum absolute atomic E-state index is 12.4. The number of anilines is 1. The van der Waals surface area contributed by atoms with Crippen molar-refractivity contribution in [1.82, 2.24) is 15.0 Å². The number of urea groups is 1. The molecule has 2 heterocycles. The number of nitrogens with two attached hydrogens (primary N) is 1. The van der Waals surface area contributed by atoms with Crippen molar-refractivity contribution in [1.29, 1.82) is 0 Å². The summed E-state index contributed by atoms with van der Waals surface area (Å²) >= 11 is 0. The van der Waals surface area contributed by atoms with Gasteiger partial charge < -0.3 is 20.5 Å². The van der Waals surface area contributed by atoms with Crippen LogP contribution in [0.25, 0.3) is 0 Å². The number of likely N-dealkylation sites (tertiary alicyclic amines) is 1. The Morgan fingerprint density at radius 2 is 1.85 bits per heavy atom. The molecule has 1 aliphatic carbocycles. The van der Waals surface area contributed by atoms with E-state index in [1.54, 1.807) is 0 Å². The number of carbonyl (C=O) groups is 1. The maximum Gasteiger partial charge on any atom is 0.321 e. The minimum atomic E-state index is -0.419. The van der Waals surface area contributed by atoms with Crippen LogP contribution < -0.4 is 11.1 Å². The molecule has 0 bridgehead atoms. The van der Waals surface area contributed by atoms with Crippen molar-refractivity contribution in [3.05, 3.63) is 42.0 Å². The number of halogens is 1. The second kappa shape index (κ2) is 8.27. The molecule has 0 atom stereocenters. The molecule has 1 aliphatic heterocycles. The van der Waals surface area contributed by atoms with Gasteiger partial charge in [-0.05, 0) is 37.8 Å². The van der Waals surface area contributed by atoms with Crippen LogP contribution >= 0.6 is 12.4 Å². The number of aromatic nitrogens is 2. The van der Waals surface area contributed by atoms with Gasteiger partial charge in [-0.1, -0.05) is 36.2 Å². The van der Waals surface area contributed by atoms with Crippen LogP contribution in [0.4, 0.5) is 10.5 Å². The predicted octanol–water partition coefficient (Wildman–Crippen LogP) is 3.63. The van der Waals surface area contributed by atoms with E-state index in [0.717, 1.165) is 44.2 Å². The molecule has 0 unspecified atom stereocenters. The lowest BCUT2D eigenvalue weighted by atomic mass is 9.96. The van der Waals surface area contributed by atoms with Crippen molar-refractivity contribution in [2.45, 2.75) is 50.0 Å². The molecule has 4 rings (SSSR count). The highest BCUT2D eigenvalue weighted by Crippen LogP contribution is 2.36. The van der Waals surface area contributed by atoms with Gasteiger partial charge in [0.05, 0.1) is 5.54 Å². The quantitative estimate of drug-likeness (QED) is 0.832. The number of nitrogens with one attached hydrogen (secondary N) is 1. The summed E-state index contributed by atoms with van der Waals surface area (Å²) in [6.07, 6.45) is 5.72. The fraction of sp³-hybridized carbons (Fsp3) is 0.526. The van der Waals surface area contributed by atoms with Gasteiger partial charge in [0, 0.05) is 24.7 Å². The molecule has 7 nitrogen and oxygen atoms in total. The van der Waals surface area contributed by atoms with Gasteiger partial charge >= 0.3 is 6.03 Å². The minimum absolute atomic E-state index is 0. The topological polar surface area (TPSA) is 97.3 Å². The van der Waals surface area contributed by atoms with E-state index in [0.29, 0.717) is 24.8 Å². The predicted molar refractivity (Wildman–Crippen MR) is 105 cm³/mol. The van der Waals surface area contributed by atoms with Crippen LogP contribution in [0.5, 0.6) is 0 Å². The van der Waals surface area contributed by atoms with Crippen LogP contribution in [0, 0.1) is 0 Å². The van der Waals surface area contributed by atoms with Crippen molar-refractivity contribution in [2.75, 3.05) is 18.4 Å². The van der Waals surface area contributed by atoms with Gasteiger partial charge in [-0.15, -0.1) is 12.4 Å². The van der Waals surface area contributed by atoms with E-state index in [-0.39, 0.29) is 24.4 Å². The number of benzene rings is 1. The first kappa shape index (κ1) is 19.6. The van der Waals surface area contributed by atoms with E-state index < -0.39 is 5.54 Å². The molecule has 1 aromatic carbocycles. The molecular weight excluding hydrogens is 366 g/mol. The molecule has 1 saturated carbocycles. The highest BCUT2D eigenvalue weighted by Gasteiger charge is 2.37. The van der Waals surface area contributed by atoms with Gasteiger partial charge in [0.1, 0.15) is 0 Å². The van der Waals surface area contributed by atoms with E-state index in [1.165, 1.54) is 0 Å². The molecule has 2 fully saturated rings. The molecule has 0 radical (unpaired) electrons. The number of hydrogen-bond acceptors (Lipinski definition) is 5. The van der Waals surface area contributed by atoms with Gasteiger partial charge in [-0.3, -0.25) is 0 Å². The summed E-state index contributed by atoms with van der Waals surface area (Å²) in [5.74, 6) is 1.51. The summed E-state index contributed by atoms with van der Waals surface area (Å²) in [5.41, 5.74) is 6.80. The fourth-order valence-electron chi connectivity index (χ4n) is 3.89. The molecule has 146 valence electrons. The Morgan fingerprint density at radius 3 is 2.52 bits per heavy atom. The number of piperidine rings is 1. The van der Waals surface area contributed by atoms with Crippen molar-refractivity contribution < 1.29 is 9.32 Å². The smallest absolute Gasteiger partial charge is 0.321 e. The molecule has 2 aromatic rings. The zero-order valence-corrected chi connectivity index (χ0v) is 16.1. The highest BCUT2D eigenvalue weighted by atomic mass is 35.5. The van der Waals surface area contributed by atoms with E-state index in [9.17, 15) is 4.79 Å². The number of hydrogen-bond donors (Lipinski definition) is 2. The minimum Gasteiger partial charge on any atom is -0.339 e. The molecular formula is C19H26ClN5O2. The van der Waals surface area contributed by atoms with Gasteiger partial charge in [0.25, 0.3) is 0 Å². The van der Waals surface area contributed by atoms with Crippen molar-refractivity contribution in [3.63, 3.8) is 0 Å². The lowest BCUT2D eigenvalue weighted by Crippen LogP contribution is -2.40. The summed E-state index contributed by atoms with van der Waals surface area (Å²) < 4.78 is 5.51. The number of amides is 2. The third-order valence-corrected chi connectivity index (χ3v) is 5.54. The number of carbonyl (C=O) groups excluding carboxylic acids is 1. The van der Waals surface area contributed by atoms with Gasteiger partial charge in [-0.2, -0.15) is 4.98 Å². The van der Waals surface area contributed by atoms with Crippen molar-refractivity contribution in [2.24, 2.45) is 5.73 Å². The monoisotopic (exact) mass is 391 g/mol. The molecule has 1 saturated heterocycles. The molecule has 8 heteroatoms. The Morgan fingerprint density at radius 1 is 1.19 bits per heavy atom. The zero-order chi connectivity index (χ0) is 18.0. The lowest BCUT2D eigenvalue weighted by Gasteiger charge is -2.30. The molecule has 2 amide bonds. The van der Waals surface area contributed by atoms with Crippen LogP contribution in [0.3, 0.4) is 0 Å². The van der Waals surface area contributed by atoms with Crippen LogP contribution in [0.2, 0.25) is 0 Å². The summed E-state index contributed by atoms with van der Waals surface area (Å²) in [5, 5.41) is 7.08. The number of para-hydroxylation sites is 1. The van der Waals surface area contributed by atoms with Gasteiger partial charge in [0.15, 0.2) is 5.82 Å². The summed E-state index contributed by atoms with van der Waals surface area (Å²) in [7, 11) is 0. The van der Waals surface area contributed by atoms with Crippen LogP contribution in [-0.2, 0) is 5.54 Å². The molecule has 2 aliphatic rings. The van der Waals surface area contributed by atoms with E-state index in [1.807, 2.05) is 35.2 Å². The third kappa shape index (κ3) is 4.25. The maximum atomic E-state index is 12.4. The first-order chi connectivity index (χ1) is 12.6. The summed E-state index contributed by atoms with van der Waals surface area (Å²) in [6, 6.07) is 9.45. The number of nitrogens with zero attached hydrogens (tertiary/aromatic N) is 3. The first-order valence-electron chi connectivity index (χ1n) is 9.38. The summed E-state index contributed by atoms with van der Waals surface area (Å²) in [4.78, 5) is 18.8. The molecule has 27 heavy (non-hydrogen) atoms. The summed E-state index contributed by atoms with van der Waals surface area (Å²) in [6.45, 7) is 1.35. The second-order valence-electron chi connectivity index (χ2n) is 7.38. The Bertz CT molecular complexity index is 752. The van der Waals surface area contributed by atoms with Crippen LogP contribution in [0.15, 0.2) is 34.9 Å². The zero-order valence-electron chi connectivity index (χ0n) is 15.3. The molecule has 1 aromatic heterocycles. The molecule has 0 spiro atoms. The fourth-order valence-corrected chi connectivity index (χ4v) is 3.89. The Hall–Kier alpha value is -2.12. The SMILES string of the molecule is Cl.NC1(c2noc(C3CCN(C(=O)Nc4ccccc4)CC3)n2)CCCC1. The molecule has 3 N–H and O–H groups in total. The average Bonchev–Trinajstić information content (AvgIpc) is 3.33. The Balaban J connectivity index is 0.00000210. The number of rotatable bonds is 3. The Labute approximate surface area is 165 Å². The largest absolute Gasteiger partial charge is 0.339 e. The lowest BCUT2D eigenvalue weighted by molar-refractivity contribution is 0.187. The normalized spacial score (nSPS) is 19.5. The van der Waals surface area contributed by atoms with Crippen LogP contribution in [-0.4, -0.2) is 34.2 Å². The van der Waals surface area contributed by atoms with E-state index in [4.69, 9.17) is 10.3 Å². The second-order valence-corrected chi connectivity index (χ2v) is 7.38. The van der Waals surface area contributed by atoms with E-state index >= 15 is 0 Å². The van der Waals surface area contributed by atoms with Crippen molar-refractivity contribution in [3.8, 4) is 0 Å². The van der Waals surface area contributed by atoms with Gasteiger partial charge in [-0.25, -0.2) is 4.79 Å². The van der Waals surface area contributed by atoms with E-state index in [2.05, 4.69) is 15.5 Å². The Kier molecular flexibility index (Phi) is 6.01. The first-order valence-corrected chi connectivity index (χ1v) is 9.38. The highest BCUT2D eigenvalue weighted by molar-refractivity contribution is 5.89. The standard InChI is InChI=1S/C19H25N5O2.ClH/c20-19(10-4-5-11-19)17-22-16(26-23-17)14-8-12-24(13-9-14)18(25)21-15-6-2-1-3-7-15;/h1-3,6-7,14H,4-5,8-13,20H2,(H,21,25);1H. The van der Waals surface area contributed by atoms with Crippen LogP contribution in [0.1, 0.15) is 56.2 Å². The third-order valence-electron chi connectivity index (χ3n) is 5.54.